The molecule has 2 aromatic heterocycles. The first kappa shape index (κ1) is 23.1. The van der Waals surface area contributed by atoms with Crippen molar-refractivity contribution in [1.82, 2.24) is 4.98 Å². The Labute approximate surface area is 221 Å². The first-order valence-electron chi connectivity index (χ1n) is 13.5. The molecule has 190 valence electrons. The number of hydrogen-bond donors (Lipinski definition) is 0. The Morgan fingerprint density at radius 2 is 1.86 bits per heavy atom. The summed E-state index contributed by atoms with van der Waals surface area (Å²) in [5, 5.41) is 0. The summed E-state index contributed by atoms with van der Waals surface area (Å²) in [5.74, 6) is 1.65. The van der Waals surface area contributed by atoms with E-state index in [9.17, 15) is 9.59 Å². The molecule has 0 radical (unpaired) electrons. The van der Waals surface area contributed by atoms with Crippen molar-refractivity contribution in [2.45, 2.75) is 38.5 Å². The molecular weight excluding hydrogens is 482 g/mol. The van der Waals surface area contributed by atoms with Crippen LogP contribution in [0.25, 0.3) is 10.4 Å². The summed E-state index contributed by atoms with van der Waals surface area (Å²) in [6.45, 7) is 4.21. The molecule has 5 heterocycles. The topological polar surface area (TPSA) is 62.7 Å². The highest BCUT2D eigenvalue weighted by atomic mass is 32.1. The number of nitrogens with zero attached hydrogens (tertiary/aromatic N) is 3. The minimum atomic E-state index is -0.0733. The average Bonchev–Trinajstić information content (AvgIpc) is 3.66. The lowest BCUT2D eigenvalue weighted by Crippen LogP contribution is -2.58. The smallest absolute Gasteiger partial charge is 0.276 e. The normalized spacial score (nSPS) is 20.1. The number of carbonyl (C=O) groups is 2. The molecule has 1 aliphatic carbocycles. The fraction of sp³-hybridized carbons (Fsp3) is 0.433. The second-order valence-corrected chi connectivity index (χ2v) is 12.2. The fourth-order valence-corrected chi connectivity index (χ4v) is 7.23. The van der Waals surface area contributed by atoms with Gasteiger partial charge in [0, 0.05) is 55.1 Å². The van der Waals surface area contributed by atoms with Crippen LogP contribution in [0.4, 0.5) is 11.5 Å². The maximum absolute atomic E-state index is 13.8. The van der Waals surface area contributed by atoms with Crippen molar-refractivity contribution >= 4 is 34.5 Å². The Kier molecular flexibility index (Phi) is 5.66. The molecule has 37 heavy (non-hydrogen) atoms. The summed E-state index contributed by atoms with van der Waals surface area (Å²) >= 11 is 1.59. The molecule has 3 fully saturated rings. The zero-order chi connectivity index (χ0) is 25.0. The zero-order valence-corrected chi connectivity index (χ0v) is 21.8. The number of thiophene rings is 1. The maximum Gasteiger partial charge on any atom is 0.276 e. The number of aromatic nitrogens is 1. The molecule has 3 aromatic rings. The Hall–Kier alpha value is -3.03. The number of para-hydroxylation sites is 1. The molecule has 0 unspecified atom stereocenters. The Morgan fingerprint density at radius 3 is 2.68 bits per heavy atom. The van der Waals surface area contributed by atoms with E-state index in [0.29, 0.717) is 30.0 Å². The molecule has 1 amide bonds. The van der Waals surface area contributed by atoms with Crippen molar-refractivity contribution in [3.05, 3.63) is 64.7 Å². The second kappa shape index (κ2) is 9.07. The van der Waals surface area contributed by atoms with Gasteiger partial charge in [0.15, 0.2) is 5.78 Å². The molecule has 3 aliphatic heterocycles. The Balaban J connectivity index is 1.14. The summed E-state index contributed by atoms with van der Waals surface area (Å²) < 4.78 is 5.55. The van der Waals surface area contributed by atoms with Crippen LogP contribution >= 0.6 is 11.3 Å². The number of Topliss-reactive ketones (excluding diaryl/α,β-unsaturated/α-hetero) is 1. The van der Waals surface area contributed by atoms with Crippen molar-refractivity contribution < 1.29 is 14.3 Å². The van der Waals surface area contributed by atoms with Gasteiger partial charge >= 0.3 is 0 Å². The molecule has 1 aromatic carbocycles. The van der Waals surface area contributed by atoms with Gasteiger partial charge in [-0.1, -0.05) is 24.3 Å². The van der Waals surface area contributed by atoms with Crippen LogP contribution < -0.4 is 9.80 Å². The number of carbonyl (C=O) groups excluding carboxylic acids is 2. The number of pyridine rings is 1. The molecule has 0 bridgehead atoms. The van der Waals surface area contributed by atoms with E-state index in [0.717, 1.165) is 78.0 Å². The van der Waals surface area contributed by atoms with Crippen LogP contribution in [0.5, 0.6) is 0 Å². The third-order valence-corrected chi connectivity index (χ3v) is 9.68. The monoisotopic (exact) mass is 513 g/mol. The lowest BCUT2D eigenvalue weighted by molar-refractivity contribution is -0.000458. The van der Waals surface area contributed by atoms with Gasteiger partial charge in [-0.05, 0) is 67.9 Å². The highest BCUT2D eigenvalue weighted by Crippen LogP contribution is 2.44. The van der Waals surface area contributed by atoms with Crippen LogP contribution in [0.2, 0.25) is 0 Å². The van der Waals surface area contributed by atoms with E-state index in [1.807, 2.05) is 41.3 Å². The molecule has 0 N–H and O–H groups in total. The predicted octanol–water partition coefficient (Wildman–Crippen LogP) is 5.61. The van der Waals surface area contributed by atoms with E-state index in [4.69, 9.17) is 9.72 Å². The molecule has 1 spiro atoms. The minimum Gasteiger partial charge on any atom is -0.381 e. The summed E-state index contributed by atoms with van der Waals surface area (Å²) in [4.78, 5) is 37.6. The quantitative estimate of drug-likeness (QED) is 0.415. The molecule has 1 saturated carbocycles. The molecule has 4 aliphatic rings. The number of anilines is 2. The highest BCUT2D eigenvalue weighted by molar-refractivity contribution is 7.17. The number of ketones is 1. The van der Waals surface area contributed by atoms with Gasteiger partial charge in [0.05, 0.1) is 10.6 Å². The van der Waals surface area contributed by atoms with E-state index in [-0.39, 0.29) is 11.7 Å². The summed E-state index contributed by atoms with van der Waals surface area (Å²) in [6.07, 6.45) is 5.95. The summed E-state index contributed by atoms with van der Waals surface area (Å²) in [6, 6.07) is 15.9. The molecule has 7 heteroatoms. The van der Waals surface area contributed by atoms with Crippen LogP contribution in [0.1, 0.15) is 57.8 Å². The first-order chi connectivity index (χ1) is 18.1. The minimum absolute atomic E-state index is 0.0733. The molecule has 0 atom stereocenters. The van der Waals surface area contributed by atoms with Gasteiger partial charge in [-0.25, -0.2) is 4.98 Å². The SMILES string of the molecule is O=C(CC1CC1)c1cc2c(s1)-c1ccccc1N(C(=O)c1cccc(N3CC4(CCOCC4)C3)n1)CC2. The predicted molar refractivity (Wildman–Crippen MR) is 146 cm³/mol. The standard InChI is InChI=1S/C30H31N3O3S/c34-25(16-20-8-9-20)26-17-21-10-13-33(24-6-2-1-4-22(24)28(21)37-26)29(35)23-5-3-7-27(31-23)32-18-30(19-32)11-14-36-15-12-30/h1-7,17,20H,8-16,18-19H2. The van der Waals surface area contributed by atoms with Gasteiger partial charge in [-0.2, -0.15) is 0 Å². The van der Waals surface area contributed by atoms with Crippen molar-refractivity contribution in [3.8, 4) is 10.4 Å². The van der Waals surface area contributed by atoms with Gasteiger partial charge < -0.3 is 14.5 Å². The van der Waals surface area contributed by atoms with Crippen LogP contribution in [0, 0.1) is 11.3 Å². The number of ether oxygens (including phenoxy) is 1. The van der Waals surface area contributed by atoms with Crippen molar-refractivity contribution in [2.75, 3.05) is 42.6 Å². The zero-order valence-electron chi connectivity index (χ0n) is 20.9. The largest absolute Gasteiger partial charge is 0.381 e. The van der Waals surface area contributed by atoms with Crippen molar-refractivity contribution in [2.24, 2.45) is 11.3 Å². The van der Waals surface area contributed by atoms with E-state index < -0.39 is 0 Å². The van der Waals surface area contributed by atoms with Gasteiger partial charge in [-0.15, -0.1) is 11.3 Å². The van der Waals surface area contributed by atoms with Crippen molar-refractivity contribution in [3.63, 3.8) is 0 Å². The molecular formula is C30H31N3O3S. The van der Waals surface area contributed by atoms with Crippen LogP contribution in [0.3, 0.4) is 0 Å². The summed E-state index contributed by atoms with van der Waals surface area (Å²) in [7, 11) is 0. The van der Waals surface area contributed by atoms with E-state index in [1.165, 1.54) is 12.8 Å². The number of hydrogen-bond acceptors (Lipinski definition) is 6. The molecule has 2 saturated heterocycles. The van der Waals surface area contributed by atoms with Gasteiger partial charge in [-0.3, -0.25) is 9.59 Å². The van der Waals surface area contributed by atoms with Crippen molar-refractivity contribution in [1.29, 1.82) is 0 Å². The summed E-state index contributed by atoms with van der Waals surface area (Å²) in [5.41, 5.74) is 3.91. The Bertz CT molecular complexity index is 1360. The third kappa shape index (κ3) is 4.28. The lowest BCUT2D eigenvalue weighted by atomic mass is 9.73. The number of fused-ring (bicyclic) bond motifs is 3. The highest BCUT2D eigenvalue weighted by Gasteiger charge is 2.44. The Morgan fingerprint density at radius 1 is 1.05 bits per heavy atom. The van der Waals surface area contributed by atoms with Crippen LogP contribution in [-0.4, -0.2) is 49.5 Å². The maximum atomic E-state index is 13.8. The average molecular weight is 514 g/mol. The fourth-order valence-electron chi connectivity index (χ4n) is 6.03. The van der Waals surface area contributed by atoms with Gasteiger partial charge in [0.1, 0.15) is 11.5 Å². The number of rotatable bonds is 5. The van der Waals surface area contributed by atoms with E-state index in [1.54, 1.807) is 11.3 Å². The van der Waals surface area contributed by atoms with E-state index in [2.05, 4.69) is 17.0 Å². The third-order valence-electron chi connectivity index (χ3n) is 8.43. The van der Waals surface area contributed by atoms with Crippen LogP contribution in [-0.2, 0) is 11.2 Å². The first-order valence-corrected chi connectivity index (χ1v) is 14.3. The molecule has 7 rings (SSSR count). The number of amides is 1. The van der Waals surface area contributed by atoms with Gasteiger partial charge in [0.25, 0.3) is 5.91 Å². The lowest BCUT2D eigenvalue weighted by Gasteiger charge is -2.52. The van der Waals surface area contributed by atoms with E-state index >= 15 is 0 Å². The van der Waals surface area contributed by atoms with Gasteiger partial charge in [0.2, 0.25) is 0 Å². The second-order valence-electron chi connectivity index (χ2n) is 11.1. The van der Waals surface area contributed by atoms with Crippen LogP contribution in [0.15, 0.2) is 48.5 Å². The molecule has 6 nitrogen and oxygen atoms in total. The number of benzene rings is 1.